The maximum Gasteiger partial charge on any atom is 0.342 e. The maximum atomic E-state index is 12.4. The van der Waals surface area contributed by atoms with E-state index < -0.39 is 5.97 Å². The lowest BCUT2D eigenvalue weighted by Gasteiger charge is -2.03. The summed E-state index contributed by atoms with van der Waals surface area (Å²) in [7, 11) is 1.69. The van der Waals surface area contributed by atoms with Gasteiger partial charge in [-0.25, -0.2) is 4.79 Å². The minimum Gasteiger partial charge on any atom is -0.488 e. The van der Waals surface area contributed by atoms with Gasteiger partial charge < -0.3 is 13.9 Å². The number of nitriles is 1. The first-order valence-electron chi connectivity index (χ1n) is 7.36. The highest BCUT2D eigenvalue weighted by Gasteiger charge is 2.19. The second kappa shape index (κ2) is 6.84. The number of nitrogens with zero attached hydrogens (tertiary/aromatic N) is 3. The number of rotatable bonds is 5. The zero-order valence-electron chi connectivity index (χ0n) is 13.1. The fourth-order valence-corrected chi connectivity index (χ4v) is 2.60. The smallest absolute Gasteiger partial charge is 0.342 e. The van der Waals surface area contributed by atoms with Crippen LogP contribution in [0, 0.1) is 11.3 Å². The summed E-state index contributed by atoms with van der Waals surface area (Å²) in [5.41, 5.74) is 2.01. The lowest BCUT2D eigenvalue weighted by Crippen LogP contribution is -2.05. The van der Waals surface area contributed by atoms with Crippen molar-refractivity contribution in [1.29, 1.82) is 5.26 Å². The molecule has 3 rings (SSSR count). The average molecular weight is 321 g/mol. The molecule has 0 bridgehead atoms. The molecule has 6 nitrogen and oxygen atoms in total. The van der Waals surface area contributed by atoms with Crippen molar-refractivity contribution < 1.29 is 14.3 Å². The summed E-state index contributed by atoms with van der Waals surface area (Å²) >= 11 is 0. The number of fused-ring (bicyclic) bond motifs is 3. The third-order valence-corrected chi connectivity index (χ3v) is 3.59. The molecule has 120 valence electrons. The molecule has 3 aromatic rings. The predicted molar refractivity (Wildman–Crippen MR) is 90.7 cm³/mol. The molecule has 0 N–H and O–H groups in total. The number of pyridine rings is 1. The van der Waals surface area contributed by atoms with E-state index in [0.29, 0.717) is 17.9 Å². The van der Waals surface area contributed by atoms with E-state index in [1.165, 1.54) is 0 Å². The summed E-state index contributed by atoms with van der Waals surface area (Å²) in [5, 5.41) is 9.37. The Kier molecular flexibility index (Phi) is 4.43. The van der Waals surface area contributed by atoms with E-state index in [1.807, 2.05) is 47.0 Å². The van der Waals surface area contributed by atoms with Gasteiger partial charge in [0.15, 0.2) is 6.61 Å². The topological polar surface area (TPSA) is 76.1 Å². The average Bonchev–Trinajstić information content (AvgIpc) is 2.94. The first kappa shape index (κ1) is 15.6. The number of hydrogen-bond donors (Lipinski definition) is 0. The van der Waals surface area contributed by atoms with E-state index in [4.69, 9.17) is 14.7 Å². The summed E-state index contributed by atoms with van der Waals surface area (Å²) in [4.78, 5) is 16.2. The maximum absolute atomic E-state index is 12.4. The number of benzene rings is 1. The Hall–Kier alpha value is -3.33. The first-order valence-corrected chi connectivity index (χ1v) is 7.36. The van der Waals surface area contributed by atoms with Crippen LogP contribution in [0.25, 0.3) is 16.4 Å². The standard InChI is InChI=1S/C18H15N3O3/c1-20-8-11-23-13-5-6-14-16(12-13)21-9-3-2-4-15(21)17(14)18(22)24-10-7-19/h2-6,8-9,12H,10-11H2,1H3. The molecule has 2 aromatic heterocycles. The normalized spacial score (nSPS) is 11.0. The number of carbonyl (C=O) groups is 1. The molecular weight excluding hydrogens is 306 g/mol. The van der Waals surface area contributed by atoms with Gasteiger partial charge in [0.25, 0.3) is 0 Å². The molecule has 0 atom stereocenters. The molecule has 0 saturated carbocycles. The number of hydrogen-bond acceptors (Lipinski definition) is 5. The van der Waals surface area contributed by atoms with Gasteiger partial charge in [0.1, 0.15) is 18.4 Å². The van der Waals surface area contributed by atoms with E-state index >= 15 is 0 Å². The van der Waals surface area contributed by atoms with Crippen LogP contribution in [0.4, 0.5) is 0 Å². The SMILES string of the molecule is CN=CCOc1ccc2c(C(=O)OCC#N)c3ccccn3c2c1. The van der Waals surface area contributed by atoms with Gasteiger partial charge in [-0.2, -0.15) is 5.26 Å². The Morgan fingerprint density at radius 3 is 3.00 bits per heavy atom. The zero-order valence-corrected chi connectivity index (χ0v) is 13.1. The zero-order chi connectivity index (χ0) is 16.9. The summed E-state index contributed by atoms with van der Waals surface area (Å²) in [5.74, 6) is 0.171. The third kappa shape index (κ3) is 2.79. The lowest BCUT2D eigenvalue weighted by molar-refractivity contribution is 0.0559. The Morgan fingerprint density at radius 1 is 1.33 bits per heavy atom. The second-order valence-corrected chi connectivity index (χ2v) is 5.00. The van der Waals surface area contributed by atoms with Crippen LogP contribution in [0.15, 0.2) is 47.6 Å². The van der Waals surface area contributed by atoms with Crippen molar-refractivity contribution in [2.45, 2.75) is 0 Å². The fourth-order valence-electron chi connectivity index (χ4n) is 2.60. The van der Waals surface area contributed by atoms with Crippen molar-refractivity contribution in [3.63, 3.8) is 0 Å². The van der Waals surface area contributed by atoms with Crippen LogP contribution in [-0.4, -0.2) is 36.8 Å². The largest absolute Gasteiger partial charge is 0.488 e. The van der Waals surface area contributed by atoms with Crippen LogP contribution in [0.1, 0.15) is 10.4 Å². The van der Waals surface area contributed by atoms with Gasteiger partial charge in [0, 0.05) is 30.9 Å². The predicted octanol–water partition coefficient (Wildman–Crippen LogP) is 2.85. The number of aromatic nitrogens is 1. The number of esters is 1. The molecule has 0 radical (unpaired) electrons. The van der Waals surface area contributed by atoms with Gasteiger partial charge >= 0.3 is 5.97 Å². The highest BCUT2D eigenvalue weighted by atomic mass is 16.5. The monoisotopic (exact) mass is 321 g/mol. The molecule has 0 fully saturated rings. The molecule has 6 heteroatoms. The quantitative estimate of drug-likeness (QED) is 0.535. The molecule has 0 amide bonds. The molecule has 24 heavy (non-hydrogen) atoms. The van der Waals surface area contributed by atoms with Crippen molar-refractivity contribution in [3.8, 4) is 11.8 Å². The number of ether oxygens (including phenoxy) is 2. The van der Waals surface area contributed by atoms with Crippen molar-refractivity contribution in [1.82, 2.24) is 4.40 Å². The van der Waals surface area contributed by atoms with Gasteiger partial charge in [-0.3, -0.25) is 4.99 Å². The van der Waals surface area contributed by atoms with Gasteiger partial charge in [-0.15, -0.1) is 0 Å². The van der Waals surface area contributed by atoms with Crippen LogP contribution in [-0.2, 0) is 4.74 Å². The second-order valence-electron chi connectivity index (χ2n) is 5.00. The highest BCUT2D eigenvalue weighted by Crippen LogP contribution is 2.30. The molecule has 0 aliphatic heterocycles. The van der Waals surface area contributed by atoms with Gasteiger partial charge in [0.2, 0.25) is 0 Å². The van der Waals surface area contributed by atoms with Gasteiger partial charge in [-0.1, -0.05) is 6.07 Å². The van der Waals surface area contributed by atoms with Crippen molar-refractivity contribution >= 4 is 28.6 Å². The van der Waals surface area contributed by atoms with Crippen molar-refractivity contribution in [2.75, 3.05) is 20.3 Å². The Balaban J connectivity index is 2.13. The van der Waals surface area contributed by atoms with Gasteiger partial charge in [0.05, 0.1) is 16.6 Å². The van der Waals surface area contributed by atoms with Crippen LogP contribution in [0.5, 0.6) is 5.75 Å². The minimum atomic E-state index is -0.512. The molecule has 0 spiro atoms. The molecule has 1 aromatic carbocycles. The Morgan fingerprint density at radius 2 is 2.21 bits per heavy atom. The van der Waals surface area contributed by atoms with E-state index in [0.717, 1.165) is 16.4 Å². The number of aliphatic imine (C=N–C) groups is 1. The van der Waals surface area contributed by atoms with Crippen molar-refractivity contribution in [3.05, 3.63) is 48.2 Å². The lowest BCUT2D eigenvalue weighted by atomic mass is 10.1. The minimum absolute atomic E-state index is 0.276. The summed E-state index contributed by atoms with van der Waals surface area (Å²) in [6.45, 7) is 0.102. The Bertz CT molecular complexity index is 967. The molecule has 2 heterocycles. The summed E-state index contributed by atoms with van der Waals surface area (Å²) < 4.78 is 12.5. The van der Waals surface area contributed by atoms with E-state index in [-0.39, 0.29) is 6.61 Å². The molecular formula is C18H15N3O3. The van der Waals surface area contributed by atoms with Gasteiger partial charge in [-0.05, 0) is 24.3 Å². The fraction of sp³-hybridized carbons (Fsp3) is 0.167. The molecule has 0 aliphatic carbocycles. The highest BCUT2D eigenvalue weighted by molar-refractivity contribution is 6.12. The van der Waals surface area contributed by atoms with Crippen LogP contribution in [0.3, 0.4) is 0 Å². The molecule has 0 saturated heterocycles. The first-order chi connectivity index (χ1) is 11.8. The van der Waals surface area contributed by atoms with Crippen LogP contribution in [0.2, 0.25) is 0 Å². The summed E-state index contributed by atoms with van der Waals surface area (Å²) in [6.07, 6.45) is 3.54. The van der Waals surface area contributed by atoms with Crippen LogP contribution < -0.4 is 4.74 Å². The molecule has 0 unspecified atom stereocenters. The van der Waals surface area contributed by atoms with E-state index in [9.17, 15) is 4.79 Å². The van der Waals surface area contributed by atoms with Crippen molar-refractivity contribution in [2.24, 2.45) is 4.99 Å². The van der Waals surface area contributed by atoms with E-state index in [2.05, 4.69) is 4.99 Å². The van der Waals surface area contributed by atoms with Crippen LogP contribution >= 0.6 is 0 Å². The molecule has 0 aliphatic rings. The number of carbonyl (C=O) groups excluding carboxylic acids is 1. The Labute approximate surface area is 138 Å². The third-order valence-electron chi connectivity index (χ3n) is 3.59. The summed E-state index contributed by atoms with van der Waals surface area (Å²) in [6, 6.07) is 12.9. The van der Waals surface area contributed by atoms with E-state index in [1.54, 1.807) is 19.3 Å².